The molecule has 0 saturated carbocycles. The molecule has 100 valence electrons. The van der Waals surface area contributed by atoms with Crippen molar-refractivity contribution in [3.05, 3.63) is 53.1 Å². The predicted octanol–water partition coefficient (Wildman–Crippen LogP) is 4.06. The molecule has 0 aliphatic rings. The van der Waals surface area contributed by atoms with E-state index < -0.39 is 0 Å². The Hall–Kier alpha value is -1.87. The van der Waals surface area contributed by atoms with Gasteiger partial charge in [-0.3, -0.25) is 0 Å². The van der Waals surface area contributed by atoms with Crippen LogP contribution >= 0.6 is 11.6 Å². The van der Waals surface area contributed by atoms with E-state index in [1.54, 1.807) is 18.2 Å². The maximum absolute atomic E-state index is 9.35. The molecule has 2 aromatic rings. The number of hydrogen-bond acceptors (Lipinski definition) is 3. The number of hydrogen-bond donors (Lipinski definition) is 2. The molecule has 2 N–H and O–H groups in total. The molecule has 0 aromatic heterocycles. The summed E-state index contributed by atoms with van der Waals surface area (Å²) >= 11 is 5.85. The number of aromatic hydroxyl groups is 1. The zero-order valence-electron chi connectivity index (χ0n) is 10.7. The fourth-order valence-electron chi connectivity index (χ4n) is 1.73. The Morgan fingerprint density at radius 2 is 2.05 bits per heavy atom. The van der Waals surface area contributed by atoms with E-state index in [-0.39, 0.29) is 5.75 Å². The first kappa shape index (κ1) is 13.6. The van der Waals surface area contributed by atoms with Crippen molar-refractivity contribution in [1.82, 2.24) is 0 Å². The van der Waals surface area contributed by atoms with Crippen LogP contribution in [0.1, 0.15) is 12.5 Å². The fourth-order valence-corrected chi connectivity index (χ4v) is 1.91. The van der Waals surface area contributed by atoms with E-state index in [9.17, 15) is 5.11 Å². The van der Waals surface area contributed by atoms with Crippen LogP contribution in [0, 0.1) is 0 Å². The molecule has 0 bridgehead atoms. The summed E-state index contributed by atoms with van der Waals surface area (Å²) in [5.74, 6) is 0.955. The summed E-state index contributed by atoms with van der Waals surface area (Å²) in [5.41, 5.74) is 1.99. The minimum absolute atomic E-state index is 0.0885. The van der Waals surface area contributed by atoms with Crippen LogP contribution in [0.25, 0.3) is 0 Å². The third-order valence-electron chi connectivity index (χ3n) is 2.65. The monoisotopic (exact) mass is 277 g/mol. The van der Waals surface area contributed by atoms with E-state index in [1.165, 1.54) is 0 Å². The molecular formula is C15H16ClNO2. The number of halogens is 1. The van der Waals surface area contributed by atoms with E-state index in [2.05, 4.69) is 5.32 Å². The standard InChI is InChI=1S/C15H16ClNO2/c1-2-19-13-5-3-4-11(8-13)10-17-12-6-7-15(18)14(16)9-12/h3-9,17-18H,2,10H2,1H3. The maximum atomic E-state index is 9.35. The topological polar surface area (TPSA) is 41.5 Å². The predicted molar refractivity (Wildman–Crippen MR) is 78.1 cm³/mol. The quantitative estimate of drug-likeness (QED) is 0.810. The normalized spacial score (nSPS) is 10.2. The number of phenols is 1. The van der Waals surface area contributed by atoms with Crippen molar-refractivity contribution in [2.24, 2.45) is 0 Å². The van der Waals surface area contributed by atoms with Crippen LogP contribution in [0.4, 0.5) is 5.69 Å². The van der Waals surface area contributed by atoms with Gasteiger partial charge >= 0.3 is 0 Å². The van der Waals surface area contributed by atoms with Gasteiger partial charge < -0.3 is 15.2 Å². The van der Waals surface area contributed by atoms with Crippen LogP contribution in [0.15, 0.2) is 42.5 Å². The van der Waals surface area contributed by atoms with Crippen molar-refractivity contribution in [1.29, 1.82) is 0 Å². The minimum Gasteiger partial charge on any atom is -0.506 e. The average molecular weight is 278 g/mol. The Bertz CT molecular complexity index is 558. The smallest absolute Gasteiger partial charge is 0.134 e. The second kappa shape index (κ2) is 6.34. The van der Waals surface area contributed by atoms with Gasteiger partial charge in [0.1, 0.15) is 11.5 Å². The van der Waals surface area contributed by atoms with Crippen molar-refractivity contribution >= 4 is 17.3 Å². The molecule has 0 spiro atoms. The third-order valence-corrected chi connectivity index (χ3v) is 2.96. The average Bonchev–Trinajstić information content (AvgIpc) is 2.41. The molecule has 2 rings (SSSR count). The Labute approximate surface area is 117 Å². The second-order valence-corrected chi connectivity index (χ2v) is 4.51. The van der Waals surface area contributed by atoms with Crippen molar-refractivity contribution < 1.29 is 9.84 Å². The molecule has 0 amide bonds. The van der Waals surface area contributed by atoms with E-state index in [0.29, 0.717) is 18.2 Å². The van der Waals surface area contributed by atoms with Gasteiger partial charge in [0.15, 0.2) is 0 Å². The first-order valence-corrected chi connectivity index (χ1v) is 6.51. The summed E-state index contributed by atoms with van der Waals surface area (Å²) in [6, 6.07) is 13.0. The molecule has 19 heavy (non-hydrogen) atoms. The van der Waals surface area contributed by atoms with Crippen LogP contribution in [0.2, 0.25) is 5.02 Å². The van der Waals surface area contributed by atoms with E-state index in [0.717, 1.165) is 17.0 Å². The molecule has 0 heterocycles. The summed E-state index contributed by atoms with van der Waals surface area (Å²) in [7, 11) is 0. The largest absolute Gasteiger partial charge is 0.506 e. The molecular weight excluding hydrogens is 262 g/mol. The molecule has 0 unspecified atom stereocenters. The zero-order chi connectivity index (χ0) is 13.7. The lowest BCUT2D eigenvalue weighted by Gasteiger charge is -2.09. The first-order chi connectivity index (χ1) is 9.19. The van der Waals surface area contributed by atoms with E-state index in [4.69, 9.17) is 16.3 Å². The van der Waals surface area contributed by atoms with Gasteiger partial charge in [-0.25, -0.2) is 0 Å². The van der Waals surface area contributed by atoms with Crippen LogP contribution < -0.4 is 10.1 Å². The lowest BCUT2D eigenvalue weighted by Crippen LogP contribution is -2.00. The van der Waals surface area contributed by atoms with Gasteiger partial charge in [-0.05, 0) is 42.8 Å². The summed E-state index contributed by atoms with van der Waals surface area (Å²) in [6.45, 7) is 3.29. The van der Waals surface area contributed by atoms with Gasteiger partial charge in [0.25, 0.3) is 0 Å². The number of phenolic OH excluding ortho intramolecular Hbond substituents is 1. The van der Waals surface area contributed by atoms with E-state index >= 15 is 0 Å². The highest BCUT2D eigenvalue weighted by molar-refractivity contribution is 6.32. The summed E-state index contributed by atoms with van der Waals surface area (Å²) in [5, 5.41) is 12.9. The number of ether oxygens (including phenoxy) is 1. The molecule has 0 fully saturated rings. The lowest BCUT2D eigenvalue weighted by molar-refractivity contribution is 0.340. The Morgan fingerprint density at radius 1 is 1.21 bits per heavy atom. The first-order valence-electron chi connectivity index (χ1n) is 6.13. The van der Waals surface area contributed by atoms with Crippen molar-refractivity contribution in [3.63, 3.8) is 0 Å². The number of benzene rings is 2. The molecule has 0 aliphatic carbocycles. The van der Waals surface area contributed by atoms with Crippen LogP contribution in [-0.4, -0.2) is 11.7 Å². The van der Waals surface area contributed by atoms with Crippen LogP contribution in [-0.2, 0) is 6.54 Å². The van der Waals surface area contributed by atoms with Crippen molar-refractivity contribution in [3.8, 4) is 11.5 Å². The van der Waals surface area contributed by atoms with Crippen molar-refractivity contribution in [2.45, 2.75) is 13.5 Å². The Balaban J connectivity index is 2.01. The molecule has 3 nitrogen and oxygen atoms in total. The van der Waals surface area contributed by atoms with Gasteiger partial charge in [0.05, 0.1) is 11.6 Å². The van der Waals surface area contributed by atoms with Crippen molar-refractivity contribution in [2.75, 3.05) is 11.9 Å². The molecule has 0 saturated heterocycles. The van der Waals surface area contributed by atoms with Gasteiger partial charge in [-0.2, -0.15) is 0 Å². The highest BCUT2D eigenvalue weighted by atomic mass is 35.5. The maximum Gasteiger partial charge on any atom is 0.134 e. The third kappa shape index (κ3) is 3.80. The summed E-state index contributed by atoms with van der Waals surface area (Å²) < 4.78 is 5.45. The number of anilines is 1. The second-order valence-electron chi connectivity index (χ2n) is 4.10. The minimum atomic E-state index is 0.0885. The number of nitrogens with one attached hydrogen (secondary N) is 1. The van der Waals surface area contributed by atoms with E-state index in [1.807, 2.05) is 31.2 Å². The highest BCUT2D eigenvalue weighted by Crippen LogP contribution is 2.26. The molecule has 0 aliphatic heterocycles. The zero-order valence-corrected chi connectivity index (χ0v) is 11.4. The SMILES string of the molecule is CCOc1cccc(CNc2ccc(O)c(Cl)c2)c1. The van der Waals surface area contributed by atoms with Gasteiger partial charge in [-0.1, -0.05) is 23.7 Å². The fraction of sp³-hybridized carbons (Fsp3) is 0.200. The molecule has 4 heteroatoms. The highest BCUT2D eigenvalue weighted by Gasteiger charge is 2.01. The molecule has 2 aromatic carbocycles. The van der Waals surface area contributed by atoms with Crippen LogP contribution in [0.5, 0.6) is 11.5 Å². The van der Waals surface area contributed by atoms with Gasteiger partial charge in [-0.15, -0.1) is 0 Å². The lowest BCUT2D eigenvalue weighted by atomic mass is 10.2. The van der Waals surface area contributed by atoms with Gasteiger partial charge in [0, 0.05) is 12.2 Å². The summed E-state index contributed by atoms with van der Waals surface area (Å²) in [6.07, 6.45) is 0. The van der Waals surface area contributed by atoms with Gasteiger partial charge in [0.2, 0.25) is 0 Å². The summed E-state index contributed by atoms with van der Waals surface area (Å²) in [4.78, 5) is 0. The Kier molecular flexibility index (Phi) is 4.53. The molecule has 0 atom stereocenters. The molecule has 0 radical (unpaired) electrons. The van der Waals surface area contributed by atoms with Crippen LogP contribution in [0.3, 0.4) is 0 Å². The number of rotatable bonds is 5. The Morgan fingerprint density at radius 3 is 2.79 bits per heavy atom.